The number of carbonyl (C=O) groups excluding carboxylic acids is 1. The van der Waals surface area contributed by atoms with Gasteiger partial charge in [-0.05, 0) is 62.8 Å². The average Bonchev–Trinajstić information content (AvgIpc) is 2.46. The molecule has 0 saturated heterocycles. The predicted octanol–water partition coefficient (Wildman–Crippen LogP) is 3.38. The molecule has 0 aliphatic heterocycles. The number of amides is 1. The summed E-state index contributed by atoms with van der Waals surface area (Å²) in [6.07, 6.45) is 4.40. The number of hydrazone groups is 1. The van der Waals surface area contributed by atoms with Gasteiger partial charge in [0.05, 0.1) is 6.61 Å². The van der Waals surface area contributed by atoms with E-state index in [2.05, 4.69) is 17.5 Å². The lowest BCUT2D eigenvalue weighted by atomic mass is 9.89. The van der Waals surface area contributed by atoms with Crippen LogP contribution in [0.4, 0.5) is 0 Å². The number of benzene rings is 1. The first-order valence-electron chi connectivity index (χ1n) is 7.27. The molecular formula is C16H22N2O2. The zero-order valence-electron chi connectivity index (χ0n) is 12.2. The Kier molecular flexibility index (Phi) is 5.16. The molecule has 1 aliphatic rings. The molecule has 108 valence electrons. The first-order valence-corrected chi connectivity index (χ1v) is 7.27. The average molecular weight is 274 g/mol. The fourth-order valence-electron chi connectivity index (χ4n) is 2.43. The Morgan fingerprint density at radius 2 is 2.15 bits per heavy atom. The molecule has 1 aromatic rings. The molecule has 1 aliphatic carbocycles. The van der Waals surface area contributed by atoms with Gasteiger partial charge in [-0.2, -0.15) is 5.10 Å². The number of carbonyl (C=O) groups is 1. The van der Waals surface area contributed by atoms with Crippen molar-refractivity contribution in [3.63, 3.8) is 0 Å². The molecule has 20 heavy (non-hydrogen) atoms. The van der Waals surface area contributed by atoms with E-state index in [1.807, 2.05) is 6.92 Å². The highest BCUT2D eigenvalue weighted by atomic mass is 16.5. The van der Waals surface area contributed by atoms with E-state index in [9.17, 15) is 4.79 Å². The molecule has 1 N–H and O–H groups in total. The highest BCUT2D eigenvalue weighted by molar-refractivity contribution is 5.95. The minimum absolute atomic E-state index is 0.168. The molecule has 1 fully saturated rings. The zero-order chi connectivity index (χ0) is 14.4. The van der Waals surface area contributed by atoms with E-state index in [-0.39, 0.29) is 5.91 Å². The normalized spacial score (nSPS) is 20.7. The fourth-order valence-corrected chi connectivity index (χ4v) is 2.43. The van der Waals surface area contributed by atoms with Crippen LogP contribution in [0.15, 0.2) is 29.4 Å². The molecule has 2 rings (SSSR count). The van der Waals surface area contributed by atoms with Gasteiger partial charge in [-0.1, -0.05) is 6.92 Å². The van der Waals surface area contributed by atoms with E-state index in [1.54, 1.807) is 24.3 Å². The van der Waals surface area contributed by atoms with Gasteiger partial charge in [0, 0.05) is 11.3 Å². The Morgan fingerprint density at radius 1 is 1.40 bits per heavy atom. The Hall–Kier alpha value is -1.84. The molecule has 1 atom stereocenters. The van der Waals surface area contributed by atoms with Crippen LogP contribution in [-0.2, 0) is 0 Å². The fraction of sp³-hybridized carbons (Fsp3) is 0.500. The number of nitrogens with zero attached hydrogens (tertiary/aromatic N) is 1. The van der Waals surface area contributed by atoms with E-state index >= 15 is 0 Å². The van der Waals surface area contributed by atoms with Crippen molar-refractivity contribution in [3.05, 3.63) is 29.8 Å². The third-order valence-electron chi connectivity index (χ3n) is 3.49. The molecule has 0 radical (unpaired) electrons. The van der Waals surface area contributed by atoms with Crippen molar-refractivity contribution < 1.29 is 9.53 Å². The van der Waals surface area contributed by atoms with Crippen molar-refractivity contribution >= 4 is 11.6 Å². The minimum atomic E-state index is -0.168. The molecule has 0 unspecified atom stereocenters. The second-order valence-electron chi connectivity index (χ2n) is 5.28. The molecule has 1 saturated carbocycles. The van der Waals surface area contributed by atoms with Crippen molar-refractivity contribution in [3.8, 4) is 5.75 Å². The number of rotatable bonds is 4. The smallest absolute Gasteiger partial charge is 0.271 e. The molecule has 0 aromatic heterocycles. The molecule has 0 bridgehead atoms. The van der Waals surface area contributed by atoms with Crippen molar-refractivity contribution in [1.29, 1.82) is 0 Å². The van der Waals surface area contributed by atoms with Gasteiger partial charge >= 0.3 is 0 Å². The highest BCUT2D eigenvalue weighted by Crippen LogP contribution is 2.21. The second-order valence-corrected chi connectivity index (χ2v) is 5.28. The number of hydrogen-bond donors (Lipinski definition) is 1. The summed E-state index contributed by atoms with van der Waals surface area (Å²) >= 11 is 0. The quantitative estimate of drug-likeness (QED) is 0.856. The van der Waals surface area contributed by atoms with E-state index in [0.29, 0.717) is 18.1 Å². The monoisotopic (exact) mass is 274 g/mol. The van der Waals surface area contributed by atoms with Crippen LogP contribution in [0, 0.1) is 5.92 Å². The Balaban J connectivity index is 1.92. The van der Waals surface area contributed by atoms with Gasteiger partial charge in [0.2, 0.25) is 0 Å². The summed E-state index contributed by atoms with van der Waals surface area (Å²) in [6.45, 7) is 4.78. The maximum atomic E-state index is 12.0. The molecule has 0 heterocycles. The van der Waals surface area contributed by atoms with Crippen LogP contribution in [0.2, 0.25) is 0 Å². The Morgan fingerprint density at radius 3 is 2.80 bits per heavy atom. The number of nitrogens with one attached hydrogen (secondary N) is 1. The highest BCUT2D eigenvalue weighted by Gasteiger charge is 2.14. The molecule has 1 aromatic carbocycles. The summed E-state index contributed by atoms with van der Waals surface area (Å²) in [4.78, 5) is 12.0. The van der Waals surface area contributed by atoms with Gasteiger partial charge in [-0.25, -0.2) is 5.43 Å². The SMILES string of the molecule is CCOc1ccc(C(=O)N/N=C2/CCC[C@@H](C)C2)cc1. The predicted molar refractivity (Wildman–Crippen MR) is 80.1 cm³/mol. The van der Waals surface area contributed by atoms with Gasteiger partial charge in [0.25, 0.3) is 5.91 Å². The first-order chi connectivity index (χ1) is 9.69. The van der Waals surface area contributed by atoms with Crippen molar-refractivity contribution in [2.45, 2.75) is 39.5 Å². The van der Waals surface area contributed by atoms with Crippen LogP contribution >= 0.6 is 0 Å². The van der Waals surface area contributed by atoms with E-state index < -0.39 is 0 Å². The van der Waals surface area contributed by atoms with Gasteiger partial charge < -0.3 is 4.74 Å². The van der Waals surface area contributed by atoms with E-state index in [4.69, 9.17) is 4.74 Å². The summed E-state index contributed by atoms with van der Waals surface area (Å²) < 4.78 is 5.35. The van der Waals surface area contributed by atoms with Gasteiger partial charge in [0.15, 0.2) is 0 Å². The van der Waals surface area contributed by atoms with Crippen molar-refractivity contribution in [2.75, 3.05) is 6.61 Å². The first kappa shape index (κ1) is 14.6. The summed E-state index contributed by atoms with van der Waals surface area (Å²) in [5, 5.41) is 4.25. The zero-order valence-corrected chi connectivity index (χ0v) is 12.2. The second kappa shape index (κ2) is 7.08. The van der Waals surface area contributed by atoms with Crippen LogP contribution in [0.1, 0.15) is 49.9 Å². The molecule has 4 nitrogen and oxygen atoms in total. The lowest BCUT2D eigenvalue weighted by Crippen LogP contribution is -2.22. The summed E-state index contributed by atoms with van der Waals surface area (Å²) in [5.74, 6) is 1.28. The standard InChI is InChI=1S/C16H22N2O2/c1-3-20-15-9-7-13(8-10-15)16(19)18-17-14-6-4-5-12(2)11-14/h7-10,12H,3-6,11H2,1-2H3,(H,18,19)/b17-14-/t12-/m1/s1. The molecule has 1 amide bonds. The molecule has 4 heteroatoms. The Labute approximate surface area is 120 Å². The van der Waals surface area contributed by atoms with Crippen molar-refractivity contribution in [2.24, 2.45) is 11.0 Å². The number of hydrogen-bond acceptors (Lipinski definition) is 3. The summed E-state index contributed by atoms with van der Waals surface area (Å²) in [5.41, 5.74) is 4.35. The Bertz CT molecular complexity index is 480. The summed E-state index contributed by atoms with van der Waals surface area (Å²) in [6, 6.07) is 7.11. The van der Waals surface area contributed by atoms with Crippen LogP contribution < -0.4 is 10.2 Å². The van der Waals surface area contributed by atoms with Crippen LogP contribution in [0.25, 0.3) is 0 Å². The summed E-state index contributed by atoms with van der Waals surface area (Å²) in [7, 11) is 0. The van der Waals surface area contributed by atoms with Crippen LogP contribution in [0.5, 0.6) is 5.75 Å². The maximum Gasteiger partial charge on any atom is 0.271 e. The topological polar surface area (TPSA) is 50.7 Å². The minimum Gasteiger partial charge on any atom is -0.494 e. The van der Waals surface area contributed by atoms with Crippen LogP contribution in [-0.4, -0.2) is 18.2 Å². The van der Waals surface area contributed by atoms with E-state index in [0.717, 1.165) is 24.3 Å². The lowest BCUT2D eigenvalue weighted by Gasteiger charge is -2.18. The maximum absolute atomic E-state index is 12.0. The largest absolute Gasteiger partial charge is 0.494 e. The van der Waals surface area contributed by atoms with Gasteiger partial charge in [0.1, 0.15) is 5.75 Å². The molecule has 0 spiro atoms. The van der Waals surface area contributed by atoms with Crippen molar-refractivity contribution in [1.82, 2.24) is 5.43 Å². The van der Waals surface area contributed by atoms with Crippen LogP contribution in [0.3, 0.4) is 0 Å². The lowest BCUT2D eigenvalue weighted by molar-refractivity contribution is 0.0954. The third kappa shape index (κ3) is 4.08. The van der Waals surface area contributed by atoms with E-state index in [1.165, 1.54) is 12.8 Å². The number of ether oxygens (including phenoxy) is 1. The third-order valence-corrected chi connectivity index (χ3v) is 3.49. The molecular weight excluding hydrogens is 252 g/mol. The van der Waals surface area contributed by atoms with Gasteiger partial charge in [-0.15, -0.1) is 0 Å². The van der Waals surface area contributed by atoms with Gasteiger partial charge in [-0.3, -0.25) is 4.79 Å².